The Kier molecular flexibility index (Phi) is 9.63. The molecule has 7 nitrogen and oxygen atoms in total. The van der Waals surface area contributed by atoms with E-state index in [0.717, 1.165) is 32.4 Å². The lowest BCUT2D eigenvalue weighted by molar-refractivity contribution is 0.0963. The molecule has 0 radical (unpaired) electrons. The maximum Gasteiger partial charge on any atom is 0.409 e. The zero-order valence-electron chi connectivity index (χ0n) is 16.6. The number of nitrogens with two attached hydrogens (primary N) is 1. The predicted molar refractivity (Wildman–Crippen MR) is 103 cm³/mol. The van der Waals surface area contributed by atoms with Gasteiger partial charge in [-0.05, 0) is 53.9 Å². The van der Waals surface area contributed by atoms with Gasteiger partial charge >= 0.3 is 6.09 Å². The molecule has 0 atom stereocenters. The first-order chi connectivity index (χ1) is 11.8. The lowest BCUT2D eigenvalue weighted by Crippen LogP contribution is -2.48. The van der Waals surface area contributed by atoms with Crippen molar-refractivity contribution in [1.29, 1.82) is 0 Å². The standard InChI is InChI=1S/C18H37N5O2/c1-6-25-18(24)22-12-8-16(9-13-22)21-17(19)20-10-7-11-23(14(2)3)15(4)5/h14-16H,6-13H2,1-5H3,(H3,19,20,21). The zero-order chi connectivity index (χ0) is 18.8. The summed E-state index contributed by atoms with van der Waals surface area (Å²) in [6, 6.07) is 1.37. The van der Waals surface area contributed by atoms with Crippen LogP contribution in [0.5, 0.6) is 0 Å². The van der Waals surface area contributed by atoms with Crippen LogP contribution in [-0.2, 0) is 4.74 Å². The van der Waals surface area contributed by atoms with Crippen LogP contribution in [0, 0.1) is 0 Å². The third-order valence-corrected chi connectivity index (χ3v) is 4.56. The smallest absolute Gasteiger partial charge is 0.409 e. The number of guanidine groups is 1. The van der Waals surface area contributed by atoms with E-state index in [0.29, 0.717) is 37.7 Å². The summed E-state index contributed by atoms with van der Waals surface area (Å²) >= 11 is 0. The minimum atomic E-state index is -0.220. The SMILES string of the molecule is CCOC(=O)N1CCC(NC(N)=NCCCN(C(C)C)C(C)C)CC1. The van der Waals surface area contributed by atoms with Crippen molar-refractivity contribution in [2.45, 2.75) is 72.0 Å². The minimum Gasteiger partial charge on any atom is -0.450 e. The number of piperidine rings is 1. The summed E-state index contributed by atoms with van der Waals surface area (Å²) in [4.78, 5) is 20.3. The van der Waals surface area contributed by atoms with Crippen LogP contribution in [-0.4, -0.2) is 72.8 Å². The molecule has 0 aromatic carbocycles. The molecule has 0 unspecified atom stereocenters. The van der Waals surface area contributed by atoms with Crippen molar-refractivity contribution >= 4 is 12.1 Å². The average molecular weight is 356 g/mol. The molecule has 0 aromatic heterocycles. The van der Waals surface area contributed by atoms with Crippen LogP contribution < -0.4 is 11.1 Å². The Morgan fingerprint density at radius 3 is 2.40 bits per heavy atom. The fourth-order valence-electron chi connectivity index (χ4n) is 3.24. The Morgan fingerprint density at radius 1 is 1.28 bits per heavy atom. The molecule has 1 aliphatic heterocycles. The number of rotatable bonds is 8. The second kappa shape index (κ2) is 11.2. The van der Waals surface area contributed by atoms with Gasteiger partial charge in [0.15, 0.2) is 5.96 Å². The molecule has 0 bridgehead atoms. The number of likely N-dealkylation sites (tertiary alicyclic amines) is 1. The number of ether oxygens (including phenoxy) is 1. The first-order valence-electron chi connectivity index (χ1n) is 9.59. The number of carbonyl (C=O) groups excluding carboxylic acids is 1. The summed E-state index contributed by atoms with van der Waals surface area (Å²) in [6.45, 7) is 14.3. The summed E-state index contributed by atoms with van der Waals surface area (Å²) in [5, 5.41) is 3.28. The van der Waals surface area contributed by atoms with Crippen molar-refractivity contribution in [3.63, 3.8) is 0 Å². The highest BCUT2D eigenvalue weighted by atomic mass is 16.6. The van der Waals surface area contributed by atoms with Gasteiger partial charge in [-0.25, -0.2) is 4.79 Å². The summed E-state index contributed by atoms with van der Waals surface area (Å²) in [6.07, 6.45) is 2.51. The number of hydrogen-bond donors (Lipinski definition) is 2. The highest BCUT2D eigenvalue weighted by Crippen LogP contribution is 2.11. The molecule has 1 saturated heterocycles. The quantitative estimate of drug-likeness (QED) is 0.395. The van der Waals surface area contributed by atoms with Gasteiger partial charge in [0.2, 0.25) is 0 Å². The van der Waals surface area contributed by atoms with Crippen molar-refractivity contribution in [3.8, 4) is 0 Å². The van der Waals surface area contributed by atoms with Crippen LogP contribution in [0.1, 0.15) is 53.9 Å². The lowest BCUT2D eigenvalue weighted by atomic mass is 10.1. The Hall–Kier alpha value is -1.50. The molecule has 0 aromatic rings. The van der Waals surface area contributed by atoms with Crippen LogP contribution in [0.4, 0.5) is 4.79 Å². The van der Waals surface area contributed by atoms with Crippen molar-refractivity contribution < 1.29 is 9.53 Å². The second-order valence-electron chi connectivity index (χ2n) is 7.15. The highest BCUT2D eigenvalue weighted by molar-refractivity contribution is 5.78. The van der Waals surface area contributed by atoms with E-state index in [9.17, 15) is 4.79 Å². The molecule has 0 aliphatic carbocycles. The van der Waals surface area contributed by atoms with Crippen LogP contribution in [0.25, 0.3) is 0 Å². The van der Waals surface area contributed by atoms with Gasteiger partial charge in [-0.1, -0.05) is 0 Å². The van der Waals surface area contributed by atoms with E-state index < -0.39 is 0 Å². The third kappa shape index (κ3) is 7.94. The first kappa shape index (κ1) is 21.5. The van der Waals surface area contributed by atoms with E-state index >= 15 is 0 Å². The van der Waals surface area contributed by atoms with E-state index in [2.05, 4.69) is 42.9 Å². The fraction of sp³-hybridized carbons (Fsp3) is 0.889. The second-order valence-corrected chi connectivity index (χ2v) is 7.15. The summed E-state index contributed by atoms with van der Waals surface area (Å²) in [5.41, 5.74) is 6.00. The van der Waals surface area contributed by atoms with Gasteiger partial charge in [-0.2, -0.15) is 0 Å². The molecule has 1 rings (SSSR count). The molecule has 146 valence electrons. The molecule has 25 heavy (non-hydrogen) atoms. The van der Waals surface area contributed by atoms with E-state index in [4.69, 9.17) is 10.5 Å². The van der Waals surface area contributed by atoms with Crippen molar-refractivity contribution in [3.05, 3.63) is 0 Å². The Morgan fingerprint density at radius 2 is 1.88 bits per heavy atom. The van der Waals surface area contributed by atoms with E-state index in [1.807, 2.05) is 6.92 Å². The molecule has 0 saturated carbocycles. The van der Waals surface area contributed by atoms with Crippen molar-refractivity contribution in [2.24, 2.45) is 10.7 Å². The number of amides is 1. The van der Waals surface area contributed by atoms with Gasteiger partial charge in [0, 0.05) is 44.3 Å². The van der Waals surface area contributed by atoms with Gasteiger partial charge in [0.1, 0.15) is 0 Å². The summed E-state index contributed by atoms with van der Waals surface area (Å²) in [7, 11) is 0. The normalized spacial score (nSPS) is 16.8. The lowest BCUT2D eigenvalue weighted by Gasteiger charge is -2.32. The molecule has 1 heterocycles. The third-order valence-electron chi connectivity index (χ3n) is 4.56. The summed E-state index contributed by atoms with van der Waals surface area (Å²) in [5.74, 6) is 0.509. The Labute approximate surface area is 153 Å². The topological polar surface area (TPSA) is 83.2 Å². The van der Waals surface area contributed by atoms with Crippen LogP contribution in [0.2, 0.25) is 0 Å². The van der Waals surface area contributed by atoms with Crippen LogP contribution in [0.3, 0.4) is 0 Å². The fourth-order valence-corrected chi connectivity index (χ4v) is 3.24. The number of nitrogens with zero attached hydrogens (tertiary/aromatic N) is 3. The van der Waals surface area contributed by atoms with Gasteiger partial charge in [0.25, 0.3) is 0 Å². The van der Waals surface area contributed by atoms with E-state index in [1.54, 1.807) is 4.90 Å². The van der Waals surface area contributed by atoms with Gasteiger partial charge in [0.05, 0.1) is 6.61 Å². The van der Waals surface area contributed by atoms with E-state index in [-0.39, 0.29) is 12.1 Å². The largest absolute Gasteiger partial charge is 0.450 e. The van der Waals surface area contributed by atoms with Gasteiger partial charge < -0.3 is 20.7 Å². The molecule has 3 N–H and O–H groups in total. The zero-order valence-corrected chi connectivity index (χ0v) is 16.6. The molecular formula is C18H37N5O2. The molecule has 1 amide bonds. The molecule has 0 spiro atoms. The Balaban J connectivity index is 2.27. The van der Waals surface area contributed by atoms with Gasteiger partial charge in [-0.3, -0.25) is 9.89 Å². The monoisotopic (exact) mass is 355 g/mol. The Bertz CT molecular complexity index is 410. The maximum absolute atomic E-state index is 11.7. The highest BCUT2D eigenvalue weighted by Gasteiger charge is 2.23. The number of carbonyl (C=O) groups is 1. The molecular weight excluding hydrogens is 318 g/mol. The predicted octanol–water partition coefficient (Wildman–Crippen LogP) is 2.02. The van der Waals surface area contributed by atoms with Crippen LogP contribution >= 0.6 is 0 Å². The number of hydrogen-bond acceptors (Lipinski definition) is 4. The van der Waals surface area contributed by atoms with Gasteiger partial charge in [-0.15, -0.1) is 0 Å². The van der Waals surface area contributed by atoms with Crippen molar-refractivity contribution in [1.82, 2.24) is 15.1 Å². The first-order valence-corrected chi connectivity index (χ1v) is 9.59. The van der Waals surface area contributed by atoms with E-state index in [1.165, 1.54) is 0 Å². The summed E-state index contributed by atoms with van der Waals surface area (Å²) < 4.78 is 5.03. The molecule has 7 heteroatoms. The minimum absolute atomic E-state index is 0.220. The number of aliphatic imine (C=N–C) groups is 1. The molecule has 1 aliphatic rings. The van der Waals surface area contributed by atoms with Crippen molar-refractivity contribution in [2.75, 3.05) is 32.8 Å². The molecule has 1 fully saturated rings. The maximum atomic E-state index is 11.7. The number of nitrogens with one attached hydrogen (secondary N) is 1. The average Bonchev–Trinajstić information content (AvgIpc) is 2.54. The van der Waals surface area contributed by atoms with Crippen LogP contribution in [0.15, 0.2) is 4.99 Å².